The molecule has 0 amide bonds. The molecule has 6 heteroatoms. The van der Waals surface area contributed by atoms with Crippen molar-refractivity contribution in [3.05, 3.63) is 85.1 Å². The summed E-state index contributed by atoms with van der Waals surface area (Å²) >= 11 is 0. The summed E-state index contributed by atoms with van der Waals surface area (Å²) in [4.78, 5) is 38.1. The van der Waals surface area contributed by atoms with E-state index in [1.807, 2.05) is 0 Å². The predicted octanol–water partition coefficient (Wildman–Crippen LogP) is 22.7. The van der Waals surface area contributed by atoms with Crippen molar-refractivity contribution in [1.29, 1.82) is 0 Å². The summed E-state index contributed by atoms with van der Waals surface area (Å²) in [5, 5.41) is 0. The smallest absolute Gasteiger partial charge is 0.306 e. The number of ether oxygens (including phenoxy) is 3. The molecular weight excluding hydrogens is 949 g/mol. The summed E-state index contributed by atoms with van der Waals surface area (Å²) in [6.45, 7) is 6.49. The molecule has 0 saturated carbocycles. The number of carbonyl (C=O) groups is 3. The summed E-state index contributed by atoms with van der Waals surface area (Å²) in [5.41, 5.74) is 0. The van der Waals surface area contributed by atoms with Crippen molar-refractivity contribution >= 4 is 17.9 Å². The first-order valence-corrected chi connectivity index (χ1v) is 33.1. The maximum atomic E-state index is 12.9. The van der Waals surface area contributed by atoms with E-state index in [2.05, 4.69) is 106 Å². The van der Waals surface area contributed by atoms with Crippen molar-refractivity contribution in [3.8, 4) is 0 Å². The Morgan fingerprint density at radius 2 is 0.506 bits per heavy atom. The van der Waals surface area contributed by atoms with Gasteiger partial charge in [-0.25, -0.2) is 0 Å². The Morgan fingerprint density at radius 1 is 0.273 bits per heavy atom. The summed E-state index contributed by atoms with van der Waals surface area (Å²) < 4.78 is 16.8. The average Bonchev–Trinajstić information content (AvgIpc) is 3.43. The first kappa shape index (κ1) is 73.6. The molecular formula is C71H124O6. The van der Waals surface area contributed by atoms with Gasteiger partial charge in [-0.1, -0.05) is 318 Å². The van der Waals surface area contributed by atoms with Gasteiger partial charge in [0.25, 0.3) is 0 Å². The lowest BCUT2D eigenvalue weighted by Gasteiger charge is -2.18. The van der Waals surface area contributed by atoms with Crippen LogP contribution in [0.3, 0.4) is 0 Å². The van der Waals surface area contributed by atoms with Crippen molar-refractivity contribution in [2.24, 2.45) is 0 Å². The van der Waals surface area contributed by atoms with Crippen LogP contribution in [0, 0.1) is 0 Å². The molecule has 1 atom stereocenters. The number of unbranched alkanes of at least 4 members (excludes halogenated alkanes) is 35. The van der Waals surface area contributed by atoms with Gasteiger partial charge in [-0.3, -0.25) is 14.4 Å². The molecule has 444 valence electrons. The van der Waals surface area contributed by atoms with E-state index in [-0.39, 0.29) is 37.5 Å². The van der Waals surface area contributed by atoms with Crippen LogP contribution in [-0.2, 0) is 28.6 Å². The topological polar surface area (TPSA) is 78.9 Å². The van der Waals surface area contributed by atoms with Gasteiger partial charge in [-0.15, -0.1) is 0 Å². The van der Waals surface area contributed by atoms with Crippen molar-refractivity contribution < 1.29 is 28.6 Å². The summed E-state index contributed by atoms with van der Waals surface area (Å²) in [5.74, 6) is -0.914. The van der Waals surface area contributed by atoms with Crippen LogP contribution in [0.15, 0.2) is 85.1 Å². The minimum absolute atomic E-state index is 0.0870. The Morgan fingerprint density at radius 3 is 0.792 bits per heavy atom. The van der Waals surface area contributed by atoms with Crippen molar-refractivity contribution in [1.82, 2.24) is 0 Å². The minimum atomic E-state index is -0.791. The van der Waals surface area contributed by atoms with Gasteiger partial charge in [-0.05, 0) is 77.0 Å². The largest absolute Gasteiger partial charge is 0.462 e. The van der Waals surface area contributed by atoms with Crippen LogP contribution in [0.4, 0.5) is 0 Å². The van der Waals surface area contributed by atoms with Gasteiger partial charge in [0.2, 0.25) is 0 Å². The number of hydrogen-bond donors (Lipinski definition) is 0. The van der Waals surface area contributed by atoms with Crippen LogP contribution in [0.5, 0.6) is 0 Å². The van der Waals surface area contributed by atoms with Gasteiger partial charge in [0.15, 0.2) is 6.10 Å². The Bertz CT molecular complexity index is 1470. The van der Waals surface area contributed by atoms with E-state index in [9.17, 15) is 14.4 Å². The molecule has 77 heavy (non-hydrogen) atoms. The number of hydrogen-bond acceptors (Lipinski definition) is 6. The molecule has 0 aromatic heterocycles. The zero-order chi connectivity index (χ0) is 55.7. The minimum Gasteiger partial charge on any atom is -0.462 e. The van der Waals surface area contributed by atoms with Crippen LogP contribution < -0.4 is 0 Å². The normalized spacial score (nSPS) is 12.6. The summed E-state index contributed by atoms with van der Waals surface area (Å²) in [7, 11) is 0. The van der Waals surface area contributed by atoms with Gasteiger partial charge in [-0.2, -0.15) is 0 Å². The highest BCUT2D eigenvalue weighted by Gasteiger charge is 2.19. The van der Waals surface area contributed by atoms with E-state index in [0.717, 1.165) is 109 Å². The molecule has 0 rings (SSSR count). The Labute approximate surface area is 477 Å². The molecule has 0 radical (unpaired) electrons. The Hall–Kier alpha value is -3.41. The van der Waals surface area contributed by atoms with Crippen molar-refractivity contribution in [2.45, 2.75) is 335 Å². The molecule has 1 unspecified atom stereocenters. The quantitative estimate of drug-likeness (QED) is 0.0261. The number of esters is 3. The maximum Gasteiger partial charge on any atom is 0.306 e. The number of carbonyl (C=O) groups excluding carboxylic acids is 3. The summed E-state index contributed by atoms with van der Waals surface area (Å²) in [6, 6.07) is 0. The fourth-order valence-electron chi connectivity index (χ4n) is 9.48. The molecule has 0 aromatic rings. The van der Waals surface area contributed by atoms with Gasteiger partial charge >= 0.3 is 17.9 Å². The molecule has 0 fully saturated rings. The van der Waals surface area contributed by atoms with E-state index in [1.165, 1.54) is 180 Å². The molecule has 0 N–H and O–H groups in total. The summed E-state index contributed by atoms with van der Waals surface area (Å²) in [6.07, 6.45) is 86.3. The maximum absolute atomic E-state index is 12.9. The van der Waals surface area contributed by atoms with Crippen LogP contribution >= 0.6 is 0 Å². The van der Waals surface area contributed by atoms with E-state index < -0.39 is 6.10 Å². The van der Waals surface area contributed by atoms with Crippen LogP contribution in [-0.4, -0.2) is 37.2 Å². The predicted molar refractivity (Wildman–Crippen MR) is 334 cm³/mol. The second kappa shape index (κ2) is 65.1. The third kappa shape index (κ3) is 63.3. The Balaban J connectivity index is 4.16. The van der Waals surface area contributed by atoms with Gasteiger partial charge in [0.1, 0.15) is 13.2 Å². The van der Waals surface area contributed by atoms with Gasteiger partial charge in [0, 0.05) is 19.3 Å². The fraction of sp³-hybridized carbons (Fsp3) is 0.761. The lowest BCUT2D eigenvalue weighted by molar-refractivity contribution is -0.167. The Kier molecular flexibility index (Phi) is 62.2. The number of rotatable bonds is 60. The highest BCUT2D eigenvalue weighted by molar-refractivity contribution is 5.71. The van der Waals surface area contributed by atoms with E-state index >= 15 is 0 Å². The highest BCUT2D eigenvalue weighted by atomic mass is 16.6. The molecule has 0 aromatic carbocycles. The molecule has 0 bridgehead atoms. The molecule has 0 aliphatic carbocycles. The van der Waals surface area contributed by atoms with Crippen LogP contribution in [0.2, 0.25) is 0 Å². The first-order valence-electron chi connectivity index (χ1n) is 33.1. The highest BCUT2D eigenvalue weighted by Crippen LogP contribution is 2.17. The van der Waals surface area contributed by atoms with Gasteiger partial charge in [0.05, 0.1) is 0 Å². The first-order chi connectivity index (χ1) is 38.0. The third-order valence-corrected chi connectivity index (χ3v) is 14.4. The zero-order valence-electron chi connectivity index (χ0n) is 51.0. The molecule has 0 aliphatic heterocycles. The molecule has 0 saturated heterocycles. The lowest BCUT2D eigenvalue weighted by Crippen LogP contribution is -2.30. The van der Waals surface area contributed by atoms with E-state index in [1.54, 1.807) is 0 Å². The standard InChI is InChI=1S/C71H124O6/c1-4-7-10-13-16-18-20-22-24-26-28-30-32-34-35-37-38-40-42-44-46-48-50-52-55-58-61-64-70(73)76-67-68(66-75-69(72)63-60-57-54-15-12-9-6-3)77-71(74)65-62-59-56-53-51-49-47-45-43-41-39-36-33-31-29-27-25-23-21-19-17-14-11-8-5-2/h8,11,17,19,23,25,29,31,36,39,43,45,49,51,68H,4-7,9-10,12-16,18,20-22,24,26-28,30,32-35,37-38,40-42,44,46-48,50,52-67H2,1-3H3/b11-8-,19-17-,25-23-,31-29-,39-36-,45-43-,51-49-. The monoisotopic (exact) mass is 1070 g/mol. The fourth-order valence-corrected chi connectivity index (χ4v) is 9.48. The third-order valence-electron chi connectivity index (χ3n) is 14.4. The molecule has 0 aliphatic rings. The number of allylic oxidation sites excluding steroid dienone is 14. The van der Waals surface area contributed by atoms with Crippen LogP contribution in [0.25, 0.3) is 0 Å². The SMILES string of the molecule is CC/C=C\C/C=C\C/C=C\C/C=C\C/C=C\C/C=C\C/C=C\CCCCCC(=O)OC(COC(=O)CCCCCCCCC)COC(=O)CCCCCCCCCCCCCCCCCCCCCCCCCCCCC. The van der Waals surface area contributed by atoms with Gasteiger partial charge < -0.3 is 14.2 Å². The van der Waals surface area contributed by atoms with E-state index in [4.69, 9.17) is 14.2 Å². The molecule has 0 spiro atoms. The van der Waals surface area contributed by atoms with E-state index in [0.29, 0.717) is 12.8 Å². The second-order valence-electron chi connectivity index (χ2n) is 22.0. The zero-order valence-corrected chi connectivity index (χ0v) is 51.0. The molecule has 6 nitrogen and oxygen atoms in total. The van der Waals surface area contributed by atoms with Crippen molar-refractivity contribution in [2.75, 3.05) is 13.2 Å². The molecule has 0 heterocycles. The second-order valence-corrected chi connectivity index (χ2v) is 22.0. The average molecular weight is 1070 g/mol. The van der Waals surface area contributed by atoms with Crippen molar-refractivity contribution in [3.63, 3.8) is 0 Å². The lowest BCUT2D eigenvalue weighted by atomic mass is 10.0. The van der Waals surface area contributed by atoms with Crippen LogP contribution in [0.1, 0.15) is 329 Å².